The maximum Gasteiger partial charge on any atom is 0.311 e. The summed E-state index contributed by atoms with van der Waals surface area (Å²) in [6.07, 6.45) is 0.613. The van der Waals surface area contributed by atoms with E-state index in [0.717, 1.165) is 10.6 Å². The molecule has 0 saturated carbocycles. The lowest BCUT2D eigenvalue weighted by Gasteiger charge is -2.04. The molecule has 0 aliphatic heterocycles. The molecule has 0 radical (unpaired) electrons. The number of rotatable bonds is 6. The number of nitrogens with zero attached hydrogens (tertiary/aromatic N) is 3. The molecule has 2 aromatic carbocycles. The second kappa shape index (κ2) is 7.70. The highest BCUT2D eigenvalue weighted by atomic mass is 32.1. The molecule has 9 heteroatoms. The molecule has 0 fully saturated rings. The van der Waals surface area contributed by atoms with Gasteiger partial charge in [0.15, 0.2) is 5.75 Å². The van der Waals surface area contributed by atoms with Gasteiger partial charge in [0.05, 0.1) is 12.0 Å². The predicted molar refractivity (Wildman–Crippen MR) is 96.8 cm³/mol. The highest BCUT2D eigenvalue weighted by molar-refractivity contribution is 7.15. The third-order valence-corrected chi connectivity index (χ3v) is 4.36. The van der Waals surface area contributed by atoms with E-state index >= 15 is 0 Å². The molecule has 3 aromatic rings. The van der Waals surface area contributed by atoms with Gasteiger partial charge < -0.3 is 4.74 Å². The molecule has 132 valence electrons. The number of methoxy groups -OCH3 is 1. The zero-order valence-electron chi connectivity index (χ0n) is 13.7. The van der Waals surface area contributed by atoms with Gasteiger partial charge in [-0.25, -0.2) is 0 Å². The molecular formula is C17H14N4O4S. The number of hydrogen-bond donors (Lipinski definition) is 1. The highest BCUT2D eigenvalue weighted by Gasteiger charge is 2.19. The van der Waals surface area contributed by atoms with Crippen LogP contribution in [0.25, 0.3) is 0 Å². The quantitative estimate of drug-likeness (QED) is 0.527. The van der Waals surface area contributed by atoms with Gasteiger partial charge in [0.1, 0.15) is 5.01 Å². The first-order chi connectivity index (χ1) is 12.6. The van der Waals surface area contributed by atoms with E-state index in [4.69, 9.17) is 4.74 Å². The number of carbonyl (C=O) groups excluding carboxylic acids is 1. The zero-order chi connectivity index (χ0) is 18.5. The molecule has 0 atom stereocenters. The largest absolute Gasteiger partial charge is 0.490 e. The Labute approximate surface area is 152 Å². The van der Waals surface area contributed by atoms with Crippen LogP contribution in [0.15, 0.2) is 48.5 Å². The van der Waals surface area contributed by atoms with Gasteiger partial charge >= 0.3 is 5.69 Å². The summed E-state index contributed by atoms with van der Waals surface area (Å²) in [5.74, 6) is -0.411. The van der Waals surface area contributed by atoms with Crippen LogP contribution in [0, 0.1) is 10.1 Å². The number of amides is 1. The number of carbonyl (C=O) groups is 1. The smallest absolute Gasteiger partial charge is 0.311 e. The molecule has 0 spiro atoms. The fourth-order valence-electron chi connectivity index (χ4n) is 2.29. The van der Waals surface area contributed by atoms with E-state index in [9.17, 15) is 14.9 Å². The Morgan fingerprint density at radius 2 is 2.00 bits per heavy atom. The Hall–Kier alpha value is -3.33. The van der Waals surface area contributed by atoms with Crippen molar-refractivity contribution in [3.63, 3.8) is 0 Å². The van der Waals surface area contributed by atoms with Crippen molar-refractivity contribution in [3.05, 3.63) is 74.8 Å². The lowest BCUT2D eigenvalue weighted by Crippen LogP contribution is -2.12. The second-order valence-corrected chi connectivity index (χ2v) is 6.32. The van der Waals surface area contributed by atoms with E-state index < -0.39 is 10.8 Å². The van der Waals surface area contributed by atoms with Gasteiger partial charge in [-0.3, -0.25) is 20.2 Å². The highest BCUT2D eigenvalue weighted by Crippen LogP contribution is 2.28. The topological polar surface area (TPSA) is 107 Å². The average Bonchev–Trinajstić information content (AvgIpc) is 3.08. The SMILES string of the molecule is COc1ccc(C(=O)Nc2nnc(Cc3ccccc3)s2)cc1[N+](=O)[O-]. The molecule has 1 amide bonds. The minimum Gasteiger partial charge on any atom is -0.490 e. The summed E-state index contributed by atoms with van der Waals surface area (Å²) in [4.78, 5) is 22.8. The summed E-state index contributed by atoms with van der Waals surface area (Å²) >= 11 is 1.26. The average molecular weight is 370 g/mol. The molecule has 0 unspecified atom stereocenters. The van der Waals surface area contributed by atoms with Gasteiger partial charge in [-0.2, -0.15) is 0 Å². The molecule has 0 bridgehead atoms. The minimum atomic E-state index is -0.599. The van der Waals surface area contributed by atoms with Crippen LogP contribution in [-0.4, -0.2) is 28.1 Å². The van der Waals surface area contributed by atoms with Gasteiger partial charge in [0.25, 0.3) is 5.91 Å². The maximum absolute atomic E-state index is 12.3. The van der Waals surface area contributed by atoms with E-state index in [0.29, 0.717) is 11.6 Å². The fraction of sp³-hybridized carbons (Fsp3) is 0.118. The maximum atomic E-state index is 12.3. The molecule has 8 nitrogen and oxygen atoms in total. The summed E-state index contributed by atoms with van der Waals surface area (Å²) in [7, 11) is 1.33. The van der Waals surface area contributed by atoms with Crippen molar-refractivity contribution in [2.75, 3.05) is 12.4 Å². The lowest BCUT2D eigenvalue weighted by molar-refractivity contribution is -0.385. The first kappa shape index (κ1) is 17.5. The van der Waals surface area contributed by atoms with Crippen molar-refractivity contribution in [2.45, 2.75) is 6.42 Å². The van der Waals surface area contributed by atoms with Crippen LogP contribution in [0.2, 0.25) is 0 Å². The number of hydrogen-bond acceptors (Lipinski definition) is 7. The summed E-state index contributed by atoms with van der Waals surface area (Å²) in [6, 6.07) is 13.8. The Bertz CT molecular complexity index is 943. The number of benzene rings is 2. The van der Waals surface area contributed by atoms with Crippen LogP contribution in [0.3, 0.4) is 0 Å². The second-order valence-electron chi connectivity index (χ2n) is 5.26. The number of nitro groups is 1. The minimum absolute atomic E-state index is 0.0904. The third kappa shape index (κ3) is 4.01. The standard InChI is InChI=1S/C17H14N4O4S/c1-25-14-8-7-12(10-13(14)21(23)24)16(22)18-17-20-19-15(26-17)9-11-5-3-2-4-6-11/h2-8,10H,9H2,1H3,(H,18,20,22). The summed E-state index contributed by atoms with van der Waals surface area (Å²) in [5, 5.41) is 22.8. The number of ether oxygens (including phenoxy) is 1. The normalized spacial score (nSPS) is 10.3. The third-order valence-electron chi connectivity index (χ3n) is 3.52. The van der Waals surface area contributed by atoms with Crippen LogP contribution in [0.5, 0.6) is 5.75 Å². The number of nitrogens with one attached hydrogen (secondary N) is 1. The Balaban J connectivity index is 1.72. The summed E-state index contributed by atoms with van der Waals surface area (Å²) < 4.78 is 4.93. The van der Waals surface area contributed by atoms with E-state index in [-0.39, 0.29) is 17.0 Å². The number of aromatic nitrogens is 2. The fourth-order valence-corrected chi connectivity index (χ4v) is 3.06. The molecule has 0 aliphatic rings. The van der Waals surface area contributed by atoms with Gasteiger partial charge in [-0.15, -0.1) is 10.2 Å². The number of anilines is 1. The van der Waals surface area contributed by atoms with Crippen LogP contribution in [0.4, 0.5) is 10.8 Å². The Morgan fingerprint density at radius 1 is 1.23 bits per heavy atom. The van der Waals surface area contributed by atoms with E-state index in [1.807, 2.05) is 30.3 Å². The molecule has 0 aliphatic carbocycles. The van der Waals surface area contributed by atoms with Gasteiger partial charge in [0.2, 0.25) is 5.13 Å². The van der Waals surface area contributed by atoms with Crippen molar-refractivity contribution in [1.29, 1.82) is 0 Å². The van der Waals surface area contributed by atoms with Crippen molar-refractivity contribution in [3.8, 4) is 5.75 Å². The molecule has 1 N–H and O–H groups in total. The number of nitro benzene ring substituents is 1. The van der Waals surface area contributed by atoms with Gasteiger partial charge in [0, 0.05) is 18.1 Å². The van der Waals surface area contributed by atoms with Crippen molar-refractivity contribution in [1.82, 2.24) is 10.2 Å². The molecular weight excluding hydrogens is 356 g/mol. The first-order valence-electron chi connectivity index (χ1n) is 7.57. The van der Waals surface area contributed by atoms with Crippen LogP contribution >= 0.6 is 11.3 Å². The van der Waals surface area contributed by atoms with Crippen LogP contribution < -0.4 is 10.1 Å². The van der Waals surface area contributed by atoms with Crippen LogP contribution in [-0.2, 0) is 6.42 Å². The lowest BCUT2D eigenvalue weighted by atomic mass is 10.2. The molecule has 3 rings (SSSR count). The predicted octanol–water partition coefficient (Wildman–Crippen LogP) is 3.30. The molecule has 0 saturated heterocycles. The van der Waals surface area contributed by atoms with E-state index in [1.54, 1.807) is 0 Å². The van der Waals surface area contributed by atoms with E-state index in [2.05, 4.69) is 15.5 Å². The monoisotopic (exact) mass is 370 g/mol. The van der Waals surface area contributed by atoms with Crippen LogP contribution in [0.1, 0.15) is 20.9 Å². The Morgan fingerprint density at radius 3 is 2.69 bits per heavy atom. The summed E-state index contributed by atoms with van der Waals surface area (Å²) in [5.41, 5.74) is 0.951. The molecule has 26 heavy (non-hydrogen) atoms. The van der Waals surface area contributed by atoms with Crippen molar-refractivity contribution in [2.24, 2.45) is 0 Å². The van der Waals surface area contributed by atoms with Crippen molar-refractivity contribution < 1.29 is 14.5 Å². The Kier molecular flexibility index (Phi) is 5.18. The first-order valence-corrected chi connectivity index (χ1v) is 8.38. The zero-order valence-corrected chi connectivity index (χ0v) is 14.5. The molecule has 1 aromatic heterocycles. The molecule has 1 heterocycles. The van der Waals surface area contributed by atoms with Gasteiger partial charge in [-0.1, -0.05) is 41.7 Å². The van der Waals surface area contributed by atoms with E-state index in [1.165, 1.54) is 36.6 Å². The van der Waals surface area contributed by atoms with Crippen molar-refractivity contribution >= 4 is 28.1 Å². The summed E-state index contributed by atoms with van der Waals surface area (Å²) in [6.45, 7) is 0. The van der Waals surface area contributed by atoms with Gasteiger partial charge in [-0.05, 0) is 17.7 Å².